The number of nitrogens with one attached hydrogen (secondary N) is 2. The predicted molar refractivity (Wildman–Crippen MR) is 125 cm³/mol. The quantitative estimate of drug-likeness (QED) is 0.289. The average Bonchev–Trinajstić information content (AvgIpc) is 2.77. The zero-order valence-electron chi connectivity index (χ0n) is 18.1. The lowest BCUT2D eigenvalue weighted by atomic mass is 10.2. The fourth-order valence-corrected chi connectivity index (χ4v) is 3.86. The fourth-order valence-electron chi connectivity index (χ4n) is 2.96. The summed E-state index contributed by atoms with van der Waals surface area (Å²) in [7, 11) is 0. The maximum absolute atomic E-state index is 5.60. The van der Waals surface area contributed by atoms with Gasteiger partial charge in [-0.1, -0.05) is 25.5 Å². The number of benzene rings is 1. The van der Waals surface area contributed by atoms with Crippen molar-refractivity contribution in [2.75, 3.05) is 69.0 Å². The zero-order valence-corrected chi connectivity index (χ0v) is 18.9. The summed E-state index contributed by atoms with van der Waals surface area (Å²) in [5.74, 6) is 3.27. The Labute approximate surface area is 180 Å². The minimum Gasteiger partial charge on any atom is -0.379 e. The Kier molecular flexibility index (Phi) is 12.7. The van der Waals surface area contributed by atoms with Crippen molar-refractivity contribution < 1.29 is 9.47 Å². The molecule has 1 aromatic rings. The van der Waals surface area contributed by atoms with Gasteiger partial charge in [0.05, 0.1) is 26.4 Å². The highest BCUT2D eigenvalue weighted by atomic mass is 32.2. The van der Waals surface area contributed by atoms with Gasteiger partial charge in [0.25, 0.3) is 0 Å². The van der Waals surface area contributed by atoms with E-state index in [0.29, 0.717) is 26.4 Å². The van der Waals surface area contributed by atoms with E-state index in [9.17, 15) is 0 Å². The summed E-state index contributed by atoms with van der Waals surface area (Å²) in [6.45, 7) is 11.5. The number of aliphatic imine (C=N–C) groups is 1. The number of unbranched alkanes of at least 4 members (excludes halogenated alkanes) is 1. The van der Waals surface area contributed by atoms with E-state index in [1.165, 1.54) is 29.2 Å². The van der Waals surface area contributed by atoms with Gasteiger partial charge in [-0.25, -0.2) is 4.99 Å². The molecule has 0 spiro atoms. The predicted octanol–water partition coefficient (Wildman–Crippen LogP) is 3.13. The van der Waals surface area contributed by atoms with E-state index in [0.717, 1.165) is 45.2 Å². The van der Waals surface area contributed by atoms with Crippen molar-refractivity contribution >= 4 is 23.4 Å². The number of nitrogens with zero attached hydrogens (tertiary/aromatic N) is 2. The molecule has 0 bridgehead atoms. The highest BCUT2D eigenvalue weighted by Crippen LogP contribution is 2.20. The van der Waals surface area contributed by atoms with E-state index in [-0.39, 0.29) is 0 Å². The smallest absolute Gasteiger partial charge is 0.191 e. The van der Waals surface area contributed by atoms with Gasteiger partial charge in [-0.2, -0.15) is 11.8 Å². The minimum absolute atomic E-state index is 0.640. The molecule has 2 N–H and O–H groups in total. The second kappa shape index (κ2) is 15.4. The van der Waals surface area contributed by atoms with Gasteiger partial charge in [0.15, 0.2) is 5.96 Å². The number of ether oxygens (including phenoxy) is 2. The Bertz CT molecular complexity index is 562. The lowest BCUT2D eigenvalue weighted by Crippen LogP contribution is -2.39. The molecule has 2 rings (SSSR count). The van der Waals surface area contributed by atoms with Crippen LogP contribution in [0, 0.1) is 0 Å². The normalized spacial score (nSPS) is 14.8. The first-order chi connectivity index (χ1) is 14.3. The summed E-state index contributed by atoms with van der Waals surface area (Å²) in [5, 5.41) is 6.62. The van der Waals surface area contributed by atoms with Gasteiger partial charge in [0.2, 0.25) is 0 Å². The van der Waals surface area contributed by atoms with Crippen LogP contribution in [-0.4, -0.2) is 70.1 Å². The summed E-state index contributed by atoms with van der Waals surface area (Å²) >= 11 is 2.04. The lowest BCUT2D eigenvalue weighted by Gasteiger charge is -2.28. The standard InChI is InChI=1S/C22H38N4O2S/c1-3-5-13-27-15-16-28-14-10-24-22(23-4-2)25-19-20-6-8-21(9-7-20)26-11-17-29-18-12-26/h6-9H,3-5,10-19H2,1-2H3,(H2,23,24,25). The third-order valence-electron chi connectivity index (χ3n) is 4.63. The van der Waals surface area contributed by atoms with Crippen LogP contribution in [0.5, 0.6) is 0 Å². The van der Waals surface area contributed by atoms with Crippen LogP contribution in [0.3, 0.4) is 0 Å². The first-order valence-electron chi connectivity index (χ1n) is 10.9. The largest absolute Gasteiger partial charge is 0.379 e. The molecule has 1 fully saturated rings. The van der Waals surface area contributed by atoms with Crippen molar-refractivity contribution in [2.24, 2.45) is 4.99 Å². The molecule has 1 aliphatic rings. The Morgan fingerprint density at radius 3 is 2.41 bits per heavy atom. The summed E-state index contributed by atoms with van der Waals surface area (Å²) in [5.41, 5.74) is 2.54. The SMILES string of the molecule is CCCCOCCOCCNC(=NCc1ccc(N2CCSCC2)cc1)NCC. The molecule has 0 atom stereocenters. The third kappa shape index (κ3) is 10.2. The molecule has 0 radical (unpaired) electrons. The third-order valence-corrected chi connectivity index (χ3v) is 5.57. The fraction of sp³-hybridized carbons (Fsp3) is 0.682. The van der Waals surface area contributed by atoms with Crippen LogP contribution in [-0.2, 0) is 16.0 Å². The molecule has 7 heteroatoms. The van der Waals surface area contributed by atoms with Gasteiger partial charge in [0, 0.05) is 50.0 Å². The van der Waals surface area contributed by atoms with Crippen LogP contribution in [0.25, 0.3) is 0 Å². The van der Waals surface area contributed by atoms with Crippen LogP contribution in [0.15, 0.2) is 29.3 Å². The van der Waals surface area contributed by atoms with Crippen LogP contribution in [0.1, 0.15) is 32.3 Å². The number of guanidine groups is 1. The monoisotopic (exact) mass is 422 g/mol. The van der Waals surface area contributed by atoms with Gasteiger partial charge >= 0.3 is 0 Å². The molecule has 0 saturated carbocycles. The van der Waals surface area contributed by atoms with Gasteiger partial charge < -0.3 is 25.0 Å². The molecular formula is C22H38N4O2S. The molecule has 1 heterocycles. The molecule has 0 aromatic heterocycles. The van der Waals surface area contributed by atoms with E-state index < -0.39 is 0 Å². The van der Waals surface area contributed by atoms with Crippen molar-refractivity contribution in [3.63, 3.8) is 0 Å². The maximum atomic E-state index is 5.60. The first-order valence-corrected chi connectivity index (χ1v) is 12.1. The molecule has 29 heavy (non-hydrogen) atoms. The average molecular weight is 423 g/mol. The van der Waals surface area contributed by atoms with E-state index in [1.54, 1.807) is 0 Å². The van der Waals surface area contributed by atoms with Crippen molar-refractivity contribution in [3.05, 3.63) is 29.8 Å². The molecular weight excluding hydrogens is 384 g/mol. The molecule has 6 nitrogen and oxygen atoms in total. The van der Waals surface area contributed by atoms with Crippen LogP contribution in [0.4, 0.5) is 5.69 Å². The molecule has 1 aromatic carbocycles. The molecule has 164 valence electrons. The van der Waals surface area contributed by atoms with Gasteiger partial charge in [-0.05, 0) is 31.0 Å². The van der Waals surface area contributed by atoms with E-state index in [1.807, 2.05) is 11.8 Å². The Balaban J connectivity index is 1.67. The number of rotatable bonds is 13. The van der Waals surface area contributed by atoms with Gasteiger partial charge in [-0.15, -0.1) is 0 Å². The summed E-state index contributed by atoms with van der Waals surface area (Å²) in [6, 6.07) is 8.81. The molecule has 1 aliphatic heterocycles. The lowest BCUT2D eigenvalue weighted by molar-refractivity contribution is 0.0487. The van der Waals surface area contributed by atoms with E-state index in [4.69, 9.17) is 14.5 Å². The Hall–Kier alpha value is -1.44. The molecule has 0 unspecified atom stereocenters. The molecule has 0 amide bonds. The van der Waals surface area contributed by atoms with E-state index in [2.05, 4.69) is 53.6 Å². The number of hydrogen-bond acceptors (Lipinski definition) is 5. The second-order valence-corrected chi connectivity index (χ2v) is 8.19. The van der Waals surface area contributed by atoms with Crippen molar-refractivity contribution in [2.45, 2.75) is 33.2 Å². The van der Waals surface area contributed by atoms with Crippen LogP contribution >= 0.6 is 11.8 Å². The van der Waals surface area contributed by atoms with Crippen molar-refractivity contribution in [1.82, 2.24) is 10.6 Å². The summed E-state index contributed by atoms with van der Waals surface area (Å²) in [4.78, 5) is 7.15. The Morgan fingerprint density at radius 2 is 1.72 bits per heavy atom. The maximum Gasteiger partial charge on any atom is 0.191 e. The highest BCUT2D eigenvalue weighted by Gasteiger charge is 2.10. The number of anilines is 1. The highest BCUT2D eigenvalue weighted by molar-refractivity contribution is 7.99. The topological polar surface area (TPSA) is 58.1 Å². The summed E-state index contributed by atoms with van der Waals surface area (Å²) in [6.07, 6.45) is 2.28. The van der Waals surface area contributed by atoms with Gasteiger partial charge in [-0.3, -0.25) is 0 Å². The first kappa shape index (κ1) is 23.8. The second-order valence-electron chi connectivity index (χ2n) is 6.97. The number of thioether (sulfide) groups is 1. The van der Waals surface area contributed by atoms with Crippen LogP contribution < -0.4 is 15.5 Å². The van der Waals surface area contributed by atoms with Crippen molar-refractivity contribution in [3.8, 4) is 0 Å². The number of hydrogen-bond donors (Lipinski definition) is 2. The van der Waals surface area contributed by atoms with Gasteiger partial charge in [0.1, 0.15) is 0 Å². The molecule has 0 aliphatic carbocycles. The molecule has 1 saturated heterocycles. The van der Waals surface area contributed by atoms with Crippen LogP contribution in [0.2, 0.25) is 0 Å². The van der Waals surface area contributed by atoms with E-state index >= 15 is 0 Å². The summed E-state index contributed by atoms with van der Waals surface area (Å²) < 4.78 is 11.1. The zero-order chi connectivity index (χ0) is 20.6. The Morgan fingerprint density at radius 1 is 1.00 bits per heavy atom. The minimum atomic E-state index is 0.640. The van der Waals surface area contributed by atoms with Crippen molar-refractivity contribution in [1.29, 1.82) is 0 Å².